The molecule has 1 aliphatic rings. The van der Waals surface area contributed by atoms with E-state index in [1.807, 2.05) is 0 Å². The van der Waals surface area contributed by atoms with Gasteiger partial charge in [0.1, 0.15) is 0 Å². The Morgan fingerprint density at radius 3 is 2.47 bits per heavy atom. The van der Waals surface area contributed by atoms with Gasteiger partial charge in [-0.05, 0) is 0 Å². The molecule has 3 amide bonds. The summed E-state index contributed by atoms with van der Waals surface area (Å²) < 4.78 is 0. The van der Waals surface area contributed by atoms with Crippen LogP contribution in [0.15, 0.2) is 0 Å². The number of nitrogens with two attached hydrogens (primary N) is 1. The van der Waals surface area contributed by atoms with E-state index in [9.17, 15) is 14.4 Å². The third-order valence-corrected chi connectivity index (χ3v) is 2.98. The van der Waals surface area contributed by atoms with Crippen molar-refractivity contribution in [1.82, 2.24) is 15.1 Å². The van der Waals surface area contributed by atoms with Crippen molar-refractivity contribution in [1.29, 1.82) is 0 Å². The number of amides is 3. The summed E-state index contributed by atoms with van der Waals surface area (Å²) >= 11 is 4.74. The molecule has 0 aliphatic carbocycles. The van der Waals surface area contributed by atoms with Crippen molar-refractivity contribution in [3.05, 3.63) is 0 Å². The second kappa shape index (κ2) is 7.15. The van der Waals surface area contributed by atoms with E-state index >= 15 is 0 Å². The normalized spacial score (nSPS) is 16.1. The van der Waals surface area contributed by atoms with Crippen LogP contribution in [0.3, 0.4) is 0 Å². The molecular formula is C11H18N4O3S. The van der Waals surface area contributed by atoms with Crippen molar-refractivity contribution in [2.75, 3.05) is 33.2 Å². The molecule has 1 aliphatic heterocycles. The summed E-state index contributed by atoms with van der Waals surface area (Å²) in [6.45, 7) is 1.16. The average Bonchev–Trinajstić information content (AvgIpc) is 2.31. The minimum absolute atomic E-state index is 0.0605. The highest BCUT2D eigenvalue weighted by Crippen LogP contribution is 2.00. The Kier molecular flexibility index (Phi) is 5.84. The maximum absolute atomic E-state index is 11.8. The molecule has 1 fully saturated rings. The first-order valence-corrected chi connectivity index (χ1v) is 6.36. The molecule has 0 unspecified atom stereocenters. The first-order valence-electron chi connectivity index (χ1n) is 5.96. The van der Waals surface area contributed by atoms with Crippen molar-refractivity contribution in [3.8, 4) is 0 Å². The van der Waals surface area contributed by atoms with Crippen LogP contribution in [-0.2, 0) is 14.4 Å². The maximum atomic E-state index is 11.8. The van der Waals surface area contributed by atoms with E-state index < -0.39 is 0 Å². The molecule has 1 saturated heterocycles. The Morgan fingerprint density at radius 2 is 1.95 bits per heavy atom. The third-order valence-electron chi connectivity index (χ3n) is 2.77. The van der Waals surface area contributed by atoms with Crippen LogP contribution in [0.5, 0.6) is 0 Å². The number of thiocarbonyl (C=S) groups is 1. The van der Waals surface area contributed by atoms with Crippen LogP contribution in [0.25, 0.3) is 0 Å². The lowest BCUT2D eigenvalue weighted by atomic mass is 10.2. The molecule has 0 aromatic rings. The van der Waals surface area contributed by atoms with E-state index in [1.165, 1.54) is 0 Å². The first kappa shape index (κ1) is 15.5. The Labute approximate surface area is 117 Å². The molecule has 0 aromatic heterocycles. The number of carbonyl (C=O) groups excluding carboxylic acids is 3. The second-order valence-corrected chi connectivity index (χ2v) is 4.99. The van der Waals surface area contributed by atoms with Crippen LogP contribution >= 0.6 is 12.2 Å². The number of nitrogens with one attached hydrogen (secondary N) is 1. The van der Waals surface area contributed by atoms with E-state index in [2.05, 4.69) is 5.32 Å². The molecule has 0 spiro atoms. The highest BCUT2D eigenvalue weighted by Gasteiger charge is 2.22. The summed E-state index contributed by atoms with van der Waals surface area (Å²) in [6, 6.07) is 0. The molecule has 3 N–H and O–H groups in total. The zero-order chi connectivity index (χ0) is 14.4. The fourth-order valence-electron chi connectivity index (χ4n) is 1.70. The van der Waals surface area contributed by atoms with Crippen molar-refractivity contribution >= 4 is 34.9 Å². The van der Waals surface area contributed by atoms with E-state index in [1.54, 1.807) is 16.8 Å². The predicted molar refractivity (Wildman–Crippen MR) is 73.2 cm³/mol. The second-order valence-electron chi connectivity index (χ2n) is 4.46. The lowest BCUT2D eigenvalue weighted by molar-refractivity contribution is -0.137. The van der Waals surface area contributed by atoms with Crippen molar-refractivity contribution in [3.63, 3.8) is 0 Å². The number of nitrogens with zero attached hydrogens (tertiary/aromatic N) is 2. The van der Waals surface area contributed by atoms with Gasteiger partial charge >= 0.3 is 0 Å². The molecule has 1 rings (SSSR count). The SMILES string of the molecule is CN(CCC(N)=S)C(=O)CCN1CC(=O)NC(=O)C1. The number of imide groups is 1. The van der Waals surface area contributed by atoms with Gasteiger partial charge in [-0.3, -0.25) is 24.6 Å². The summed E-state index contributed by atoms with van der Waals surface area (Å²) in [7, 11) is 1.68. The topological polar surface area (TPSA) is 95.7 Å². The fraction of sp³-hybridized carbons (Fsp3) is 0.636. The van der Waals surface area contributed by atoms with Crippen molar-refractivity contribution < 1.29 is 14.4 Å². The molecule has 0 bridgehead atoms. The van der Waals surface area contributed by atoms with Crippen molar-refractivity contribution in [2.24, 2.45) is 5.73 Å². The van der Waals surface area contributed by atoms with E-state index in [4.69, 9.17) is 18.0 Å². The quantitative estimate of drug-likeness (QED) is 0.454. The average molecular weight is 286 g/mol. The van der Waals surface area contributed by atoms with Crippen molar-refractivity contribution in [2.45, 2.75) is 12.8 Å². The van der Waals surface area contributed by atoms with Gasteiger partial charge in [-0.15, -0.1) is 0 Å². The molecule has 0 atom stereocenters. The summed E-state index contributed by atoms with van der Waals surface area (Å²) in [5, 5.41) is 2.21. The molecule has 0 saturated carbocycles. The number of hydrogen-bond acceptors (Lipinski definition) is 5. The van der Waals surface area contributed by atoms with Gasteiger partial charge in [0.05, 0.1) is 18.1 Å². The molecule has 0 aromatic carbocycles. The summed E-state index contributed by atoms with van der Waals surface area (Å²) in [6.07, 6.45) is 0.747. The molecule has 19 heavy (non-hydrogen) atoms. The number of hydrogen-bond donors (Lipinski definition) is 2. The summed E-state index contributed by atoms with van der Waals surface area (Å²) in [4.78, 5) is 37.6. The largest absolute Gasteiger partial charge is 0.393 e. The smallest absolute Gasteiger partial charge is 0.240 e. The van der Waals surface area contributed by atoms with Gasteiger partial charge in [0, 0.05) is 33.0 Å². The van der Waals surface area contributed by atoms with Crippen LogP contribution in [0.4, 0.5) is 0 Å². The number of piperazine rings is 1. The number of rotatable bonds is 6. The van der Waals surface area contributed by atoms with Gasteiger partial charge in [-0.2, -0.15) is 0 Å². The molecular weight excluding hydrogens is 268 g/mol. The first-order chi connectivity index (χ1) is 8.88. The Bertz CT molecular complexity index is 383. The lowest BCUT2D eigenvalue weighted by Crippen LogP contribution is -2.52. The van der Waals surface area contributed by atoms with Crippen LogP contribution in [0, 0.1) is 0 Å². The zero-order valence-corrected chi connectivity index (χ0v) is 11.7. The van der Waals surface area contributed by atoms with Gasteiger partial charge in [0.15, 0.2) is 0 Å². The number of carbonyl (C=O) groups is 3. The standard InChI is InChI=1S/C11H18N4O3S/c1-14(4-2-8(12)19)11(18)3-5-15-6-9(16)13-10(17)7-15/h2-7H2,1H3,(H2,12,19)(H,13,16,17). The van der Waals surface area contributed by atoms with E-state index in [-0.39, 0.29) is 37.2 Å². The van der Waals surface area contributed by atoms with Crippen LogP contribution in [0.2, 0.25) is 0 Å². The Hall–Kier alpha value is -1.54. The summed E-state index contributed by atoms with van der Waals surface area (Å²) in [5.74, 6) is -0.717. The molecule has 106 valence electrons. The van der Waals surface area contributed by atoms with Crippen LogP contribution < -0.4 is 11.1 Å². The fourth-order valence-corrected chi connectivity index (χ4v) is 1.79. The Balaban J connectivity index is 2.31. The minimum Gasteiger partial charge on any atom is -0.393 e. The van der Waals surface area contributed by atoms with E-state index in [0.29, 0.717) is 24.5 Å². The molecule has 8 heteroatoms. The van der Waals surface area contributed by atoms with Gasteiger partial charge in [0.2, 0.25) is 17.7 Å². The van der Waals surface area contributed by atoms with Gasteiger partial charge < -0.3 is 10.6 Å². The predicted octanol–water partition coefficient (Wildman–Crippen LogP) is -1.53. The molecule has 1 heterocycles. The zero-order valence-electron chi connectivity index (χ0n) is 10.8. The third kappa shape index (κ3) is 5.75. The highest BCUT2D eigenvalue weighted by molar-refractivity contribution is 7.80. The molecule has 7 nitrogen and oxygen atoms in total. The highest BCUT2D eigenvalue weighted by atomic mass is 32.1. The Morgan fingerprint density at radius 1 is 1.37 bits per heavy atom. The van der Waals surface area contributed by atoms with E-state index in [0.717, 1.165) is 0 Å². The maximum Gasteiger partial charge on any atom is 0.240 e. The van der Waals surface area contributed by atoms with Gasteiger partial charge in [-0.1, -0.05) is 12.2 Å². The summed E-state index contributed by atoms with van der Waals surface area (Å²) in [5.41, 5.74) is 5.37. The monoisotopic (exact) mass is 286 g/mol. The van der Waals surface area contributed by atoms with Gasteiger partial charge in [-0.25, -0.2) is 0 Å². The van der Waals surface area contributed by atoms with Crippen LogP contribution in [-0.4, -0.2) is 65.7 Å². The van der Waals surface area contributed by atoms with Gasteiger partial charge in [0.25, 0.3) is 0 Å². The lowest BCUT2D eigenvalue weighted by Gasteiger charge is -2.25. The minimum atomic E-state index is -0.328. The van der Waals surface area contributed by atoms with Crippen LogP contribution in [0.1, 0.15) is 12.8 Å². The molecule has 0 radical (unpaired) electrons.